The lowest BCUT2D eigenvalue weighted by Gasteiger charge is -2.17. The molecule has 0 saturated carbocycles. The number of carbonyl (C=O) groups is 1. The molecular formula is C18H20N2O2. The molecule has 0 fully saturated rings. The predicted octanol–water partition coefficient (Wildman–Crippen LogP) is 3.99. The molecule has 114 valence electrons. The van der Waals surface area contributed by atoms with Crippen molar-refractivity contribution < 1.29 is 9.21 Å². The second-order valence-electron chi connectivity index (χ2n) is 5.66. The molecule has 2 N–H and O–H groups in total. The summed E-state index contributed by atoms with van der Waals surface area (Å²) >= 11 is 0. The number of fused-ring (bicyclic) bond motifs is 1. The third kappa shape index (κ3) is 2.57. The van der Waals surface area contributed by atoms with Crippen LogP contribution >= 0.6 is 0 Å². The van der Waals surface area contributed by atoms with Gasteiger partial charge in [0.15, 0.2) is 5.78 Å². The van der Waals surface area contributed by atoms with Gasteiger partial charge in [-0.05, 0) is 39.0 Å². The maximum atomic E-state index is 12.8. The Labute approximate surface area is 129 Å². The van der Waals surface area contributed by atoms with Crippen molar-refractivity contribution in [1.82, 2.24) is 10.3 Å². The van der Waals surface area contributed by atoms with Crippen molar-refractivity contribution in [3.05, 3.63) is 59.7 Å². The van der Waals surface area contributed by atoms with E-state index in [0.717, 1.165) is 27.9 Å². The molecule has 4 nitrogen and oxygen atoms in total. The lowest BCUT2D eigenvalue weighted by molar-refractivity contribution is 0.0945. The van der Waals surface area contributed by atoms with E-state index in [-0.39, 0.29) is 17.9 Å². The van der Waals surface area contributed by atoms with Gasteiger partial charge in [0.05, 0.1) is 18.3 Å². The molecule has 2 atom stereocenters. The number of para-hydroxylation sites is 1. The summed E-state index contributed by atoms with van der Waals surface area (Å²) in [5.41, 5.74) is 2.67. The fraction of sp³-hybridized carbons (Fsp3) is 0.278. The largest absolute Gasteiger partial charge is 0.468 e. The molecule has 3 aromatic rings. The smallest absolute Gasteiger partial charge is 0.181 e. The Bertz CT molecular complexity index is 787. The average Bonchev–Trinajstić information content (AvgIpc) is 3.13. The summed E-state index contributed by atoms with van der Waals surface area (Å²) in [7, 11) is 0. The standard InChI is InChI=1S/C18H20N2O2/c1-11(16-9-6-10-22-16)19-13(3)18(21)17-12(2)20-15-8-5-4-7-14(15)17/h4-11,13,19-20H,1-3H3/t11-,13+/m1/s1. The Kier molecular flexibility index (Phi) is 3.86. The van der Waals surface area contributed by atoms with Crippen LogP contribution in [0.15, 0.2) is 47.1 Å². The summed E-state index contributed by atoms with van der Waals surface area (Å²) in [6.45, 7) is 5.82. The number of hydrogen-bond donors (Lipinski definition) is 2. The van der Waals surface area contributed by atoms with Gasteiger partial charge in [0.25, 0.3) is 0 Å². The van der Waals surface area contributed by atoms with Crippen LogP contribution in [-0.4, -0.2) is 16.8 Å². The van der Waals surface area contributed by atoms with Gasteiger partial charge in [0.1, 0.15) is 5.76 Å². The number of aryl methyl sites for hydroxylation is 1. The highest BCUT2D eigenvalue weighted by molar-refractivity contribution is 6.11. The molecule has 0 spiro atoms. The van der Waals surface area contributed by atoms with Gasteiger partial charge in [-0.3, -0.25) is 10.1 Å². The summed E-state index contributed by atoms with van der Waals surface area (Å²) in [6, 6.07) is 11.3. The SMILES string of the molecule is Cc1[nH]c2ccccc2c1C(=O)[C@H](C)N[C@H](C)c1ccco1. The molecule has 0 aliphatic carbocycles. The van der Waals surface area contributed by atoms with Gasteiger partial charge in [0, 0.05) is 22.2 Å². The van der Waals surface area contributed by atoms with Gasteiger partial charge in [-0.1, -0.05) is 18.2 Å². The van der Waals surface area contributed by atoms with Crippen LogP contribution in [0.2, 0.25) is 0 Å². The van der Waals surface area contributed by atoms with Gasteiger partial charge >= 0.3 is 0 Å². The van der Waals surface area contributed by atoms with Gasteiger partial charge in [-0.15, -0.1) is 0 Å². The van der Waals surface area contributed by atoms with Crippen molar-refractivity contribution in [2.24, 2.45) is 0 Å². The van der Waals surface area contributed by atoms with E-state index in [4.69, 9.17) is 4.42 Å². The lowest BCUT2D eigenvalue weighted by Crippen LogP contribution is -2.36. The molecule has 4 heteroatoms. The van der Waals surface area contributed by atoms with E-state index in [0.29, 0.717) is 0 Å². The van der Waals surface area contributed by atoms with Crippen LogP contribution < -0.4 is 5.32 Å². The average molecular weight is 296 g/mol. The van der Waals surface area contributed by atoms with Crippen LogP contribution in [0.5, 0.6) is 0 Å². The molecule has 2 aromatic heterocycles. The van der Waals surface area contributed by atoms with Crippen LogP contribution in [-0.2, 0) is 0 Å². The molecule has 2 heterocycles. The van der Waals surface area contributed by atoms with Crippen LogP contribution in [0.3, 0.4) is 0 Å². The van der Waals surface area contributed by atoms with Gasteiger partial charge in [0.2, 0.25) is 0 Å². The zero-order valence-corrected chi connectivity index (χ0v) is 13.0. The number of aromatic amines is 1. The maximum absolute atomic E-state index is 12.8. The summed E-state index contributed by atoms with van der Waals surface area (Å²) < 4.78 is 5.38. The molecule has 0 radical (unpaired) electrons. The molecular weight excluding hydrogens is 276 g/mol. The number of benzene rings is 1. The van der Waals surface area contributed by atoms with E-state index < -0.39 is 0 Å². The molecule has 22 heavy (non-hydrogen) atoms. The fourth-order valence-corrected chi connectivity index (χ4v) is 2.88. The number of ketones is 1. The Hall–Kier alpha value is -2.33. The summed E-state index contributed by atoms with van der Waals surface area (Å²) in [6.07, 6.45) is 1.64. The van der Waals surface area contributed by atoms with Crippen molar-refractivity contribution in [2.45, 2.75) is 32.9 Å². The lowest BCUT2D eigenvalue weighted by atomic mass is 10.0. The number of carbonyl (C=O) groups excluding carboxylic acids is 1. The van der Waals surface area contributed by atoms with E-state index in [1.165, 1.54) is 0 Å². The third-order valence-corrected chi connectivity index (χ3v) is 4.00. The first-order valence-corrected chi connectivity index (χ1v) is 7.49. The molecule has 0 amide bonds. The van der Waals surface area contributed by atoms with E-state index in [1.54, 1.807) is 6.26 Å². The minimum atomic E-state index is -0.294. The van der Waals surface area contributed by atoms with E-state index >= 15 is 0 Å². The van der Waals surface area contributed by atoms with E-state index in [1.807, 2.05) is 57.2 Å². The summed E-state index contributed by atoms with van der Waals surface area (Å²) in [4.78, 5) is 16.1. The Morgan fingerprint density at radius 2 is 1.95 bits per heavy atom. The van der Waals surface area contributed by atoms with E-state index in [9.17, 15) is 4.79 Å². The second kappa shape index (κ2) is 5.81. The van der Waals surface area contributed by atoms with Crippen LogP contribution in [0.1, 0.15) is 41.7 Å². The van der Waals surface area contributed by atoms with Crippen molar-refractivity contribution in [3.63, 3.8) is 0 Å². The van der Waals surface area contributed by atoms with Gasteiger partial charge in [-0.2, -0.15) is 0 Å². The molecule has 0 bridgehead atoms. The molecule has 0 aliphatic heterocycles. The topological polar surface area (TPSA) is 58.0 Å². The number of H-pyrrole nitrogens is 1. The molecule has 1 aromatic carbocycles. The monoisotopic (exact) mass is 296 g/mol. The number of Topliss-reactive ketones (excluding diaryl/α,β-unsaturated/α-hetero) is 1. The zero-order valence-electron chi connectivity index (χ0n) is 13.0. The Morgan fingerprint density at radius 3 is 2.68 bits per heavy atom. The van der Waals surface area contributed by atoms with Crippen molar-refractivity contribution >= 4 is 16.7 Å². The number of rotatable bonds is 5. The number of aromatic nitrogens is 1. The number of hydrogen-bond acceptors (Lipinski definition) is 3. The van der Waals surface area contributed by atoms with Crippen molar-refractivity contribution in [2.75, 3.05) is 0 Å². The fourth-order valence-electron chi connectivity index (χ4n) is 2.88. The normalized spacial score (nSPS) is 14.1. The highest BCUT2D eigenvalue weighted by Gasteiger charge is 2.23. The maximum Gasteiger partial charge on any atom is 0.181 e. The van der Waals surface area contributed by atoms with Gasteiger partial charge in [-0.25, -0.2) is 0 Å². The quantitative estimate of drug-likeness (QED) is 0.700. The number of nitrogens with one attached hydrogen (secondary N) is 2. The minimum absolute atomic E-state index is 0.0144. The van der Waals surface area contributed by atoms with Crippen LogP contribution in [0, 0.1) is 6.92 Å². The highest BCUT2D eigenvalue weighted by atomic mass is 16.3. The third-order valence-electron chi connectivity index (χ3n) is 4.00. The summed E-state index contributed by atoms with van der Waals surface area (Å²) in [5, 5.41) is 4.28. The van der Waals surface area contributed by atoms with Crippen molar-refractivity contribution in [1.29, 1.82) is 0 Å². The first-order valence-electron chi connectivity index (χ1n) is 7.49. The Balaban J connectivity index is 1.84. The second-order valence-corrected chi connectivity index (χ2v) is 5.66. The molecule has 0 saturated heterocycles. The van der Waals surface area contributed by atoms with Gasteiger partial charge < -0.3 is 9.40 Å². The first-order chi connectivity index (χ1) is 10.6. The summed E-state index contributed by atoms with van der Waals surface area (Å²) in [5.74, 6) is 0.920. The van der Waals surface area contributed by atoms with E-state index in [2.05, 4.69) is 10.3 Å². The van der Waals surface area contributed by atoms with Crippen molar-refractivity contribution in [3.8, 4) is 0 Å². The predicted molar refractivity (Wildman–Crippen MR) is 87.1 cm³/mol. The zero-order chi connectivity index (χ0) is 15.7. The minimum Gasteiger partial charge on any atom is -0.468 e. The van der Waals surface area contributed by atoms with Crippen LogP contribution in [0.25, 0.3) is 10.9 Å². The van der Waals surface area contributed by atoms with Crippen LogP contribution in [0.4, 0.5) is 0 Å². The molecule has 3 rings (SSSR count). The first kappa shape index (κ1) is 14.6. The highest BCUT2D eigenvalue weighted by Crippen LogP contribution is 2.24. The molecule has 0 unspecified atom stereocenters. The Morgan fingerprint density at radius 1 is 1.18 bits per heavy atom. The number of furan rings is 1. The molecule has 0 aliphatic rings.